The molecule has 5 nitrogen and oxygen atoms in total. The summed E-state index contributed by atoms with van der Waals surface area (Å²) >= 11 is 1.50. The first-order valence-corrected chi connectivity index (χ1v) is 9.62. The number of carbonyl (C=O) groups excluding carboxylic acids is 1. The molecule has 0 saturated carbocycles. The van der Waals surface area contributed by atoms with Crippen LogP contribution < -0.4 is 10.1 Å². The molecule has 1 saturated heterocycles. The van der Waals surface area contributed by atoms with Crippen molar-refractivity contribution in [2.24, 2.45) is 0 Å². The summed E-state index contributed by atoms with van der Waals surface area (Å²) < 4.78 is 39.2. The van der Waals surface area contributed by atoms with Crippen LogP contribution in [0.3, 0.4) is 0 Å². The maximum atomic E-state index is 14.3. The summed E-state index contributed by atoms with van der Waals surface area (Å²) in [6, 6.07) is 5.87. The summed E-state index contributed by atoms with van der Waals surface area (Å²) in [6.07, 6.45) is -0.576. The van der Waals surface area contributed by atoms with Gasteiger partial charge in [-0.3, -0.25) is 0 Å². The highest BCUT2D eigenvalue weighted by Crippen LogP contribution is 2.23. The molecule has 0 bridgehead atoms. The van der Waals surface area contributed by atoms with Gasteiger partial charge in [0, 0.05) is 42.2 Å². The molecular weight excluding hydrogens is 374 g/mol. The molecule has 2 aromatic rings. The number of halogens is 2. The van der Waals surface area contributed by atoms with E-state index in [9.17, 15) is 13.6 Å². The van der Waals surface area contributed by atoms with Crippen LogP contribution in [0.2, 0.25) is 0 Å². The van der Waals surface area contributed by atoms with E-state index in [0.717, 1.165) is 17.0 Å². The summed E-state index contributed by atoms with van der Waals surface area (Å²) in [7, 11) is 0. The van der Waals surface area contributed by atoms with E-state index < -0.39 is 24.3 Å². The molecule has 3 rings (SSSR count). The van der Waals surface area contributed by atoms with E-state index in [1.165, 1.54) is 11.3 Å². The van der Waals surface area contributed by atoms with Crippen molar-refractivity contribution in [1.82, 2.24) is 10.2 Å². The third-order valence-electron chi connectivity index (χ3n) is 4.46. The minimum Gasteiger partial charge on any atom is -0.488 e. The normalized spacial score (nSPS) is 19.8. The fourth-order valence-corrected chi connectivity index (χ4v) is 3.67. The Morgan fingerprint density at radius 3 is 2.48 bits per heavy atom. The molecule has 1 aromatic carbocycles. The van der Waals surface area contributed by atoms with Crippen molar-refractivity contribution in [2.75, 3.05) is 13.1 Å². The summed E-state index contributed by atoms with van der Waals surface area (Å²) in [4.78, 5) is 14.9. The molecule has 0 aliphatic carbocycles. The topological polar surface area (TPSA) is 50.8 Å². The average molecular weight is 396 g/mol. The van der Waals surface area contributed by atoms with Crippen LogP contribution in [0.25, 0.3) is 0 Å². The minimum atomic E-state index is -0.801. The molecule has 1 aliphatic heterocycles. The molecular formula is C19H22F2N2O3S. The Morgan fingerprint density at radius 2 is 1.89 bits per heavy atom. The summed E-state index contributed by atoms with van der Waals surface area (Å²) in [5.41, 5.74) is -0.290. The van der Waals surface area contributed by atoms with Crippen LogP contribution in [0.1, 0.15) is 24.3 Å². The quantitative estimate of drug-likeness (QED) is 0.832. The number of thiophene rings is 1. The first kappa shape index (κ1) is 19.6. The molecule has 1 aliphatic rings. The minimum absolute atomic E-state index is 0.0519. The average Bonchev–Trinajstić information content (AvgIpc) is 3.12. The fourth-order valence-electron chi connectivity index (χ4n) is 3.05. The number of benzene rings is 1. The smallest absolute Gasteiger partial charge is 0.410 e. The van der Waals surface area contributed by atoms with Crippen LogP contribution in [-0.2, 0) is 18.0 Å². The number of amides is 1. The highest BCUT2D eigenvalue weighted by atomic mass is 32.1. The molecule has 1 N–H and O–H groups in total. The van der Waals surface area contributed by atoms with Crippen LogP contribution >= 0.6 is 11.3 Å². The first-order valence-electron chi connectivity index (χ1n) is 8.74. The standard InChI is InChI=1S/C19H22F2N2O3S/c1-12-8-22-9-13(2)23(12)19(24)26-11-16-17(20)6-14(7-18(16)21)25-10-15-4-3-5-27-15/h3-7,12-13,22H,8-11H2,1-2H3. The first-order chi connectivity index (χ1) is 13.0. The van der Waals surface area contributed by atoms with E-state index in [1.54, 1.807) is 4.90 Å². The molecule has 0 radical (unpaired) electrons. The van der Waals surface area contributed by atoms with Gasteiger partial charge in [-0.2, -0.15) is 0 Å². The van der Waals surface area contributed by atoms with Crippen molar-refractivity contribution in [3.8, 4) is 5.75 Å². The van der Waals surface area contributed by atoms with E-state index in [0.29, 0.717) is 13.1 Å². The van der Waals surface area contributed by atoms with Crippen LogP contribution in [0.15, 0.2) is 29.6 Å². The van der Waals surface area contributed by atoms with Gasteiger partial charge in [0.05, 0.1) is 5.56 Å². The van der Waals surface area contributed by atoms with Crippen molar-refractivity contribution in [1.29, 1.82) is 0 Å². The molecule has 8 heteroatoms. The van der Waals surface area contributed by atoms with Crippen molar-refractivity contribution >= 4 is 17.4 Å². The second kappa shape index (κ2) is 8.67. The number of piperazine rings is 1. The molecule has 146 valence electrons. The molecule has 1 aromatic heterocycles. The Bertz CT molecular complexity index is 752. The van der Waals surface area contributed by atoms with Crippen LogP contribution in [0.5, 0.6) is 5.75 Å². The third kappa shape index (κ3) is 4.75. The third-order valence-corrected chi connectivity index (χ3v) is 5.31. The van der Waals surface area contributed by atoms with Gasteiger partial charge in [-0.15, -0.1) is 11.3 Å². The number of rotatable bonds is 5. The van der Waals surface area contributed by atoms with Gasteiger partial charge >= 0.3 is 6.09 Å². The Labute approximate surface area is 160 Å². The number of nitrogens with zero attached hydrogens (tertiary/aromatic N) is 1. The summed E-state index contributed by atoms with van der Waals surface area (Å²) in [6.45, 7) is 4.86. The van der Waals surface area contributed by atoms with Gasteiger partial charge in [-0.1, -0.05) is 6.07 Å². The van der Waals surface area contributed by atoms with Gasteiger partial charge in [-0.25, -0.2) is 13.6 Å². The second-order valence-electron chi connectivity index (χ2n) is 6.55. The zero-order valence-corrected chi connectivity index (χ0v) is 16.0. The number of hydrogen-bond acceptors (Lipinski definition) is 5. The van der Waals surface area contributed by atoms with Crippen molar-refractivity contribution < 1.29 is 23.0 Å². The summed E-state index contributed by atoms with van der Waals surface area (Å²) in [5, 5.41) is 5.11. The predicted octanol–water partition coefficient (Wildman–Crippen LogP) is 3.92. The Kier molecular flexibility index (Phi) is 6.28. The maximum absolute atomic E-state index is 14.3. The van der Waals surface area contributed by atoms with Gasteiger partial charge < -0.3 is 19.7 Å². The van der Waals surface area contributed by atoms with Gasteiger partial charge in [0.1, 0.15) is 30.6 Å². The molecule has 1 fully saturated rings. The zero-order chi connectivity index (χ0) is 19.4. The molecule has 2 atom stereocenters. The second-order valence-corrected chi connectivity index (χ2v) is 7.58. The molecule has 2 heterocycles. The van der Waals surface area contributed by atoms with Crippen LogP contribution in [0.4, 0.5) is 13.6 Å². The number of nitrogens with one attached hydrogen (secondary N) is 1. The van der Waals surface area contributed by atoms with E-state index in [1.807, 2.05) is 31.4 Å². The predicted molar refractivity (Wildman–Crippen MR) is 98.8 cm³/mol. The highest BCUT2D eigenvalue weighted by molar-refractivity contribution is 7.09. The lowest BCUT2D eigenvalue weighted by molar-refractivity contribution is 0.0551. The lowest BCUT2D eigenvalue weighted by Crippen LogP contribution is -2.57. The van der Waals surface area contributed by atoms with E-state index >= 15 is 0 Å². The van der Waals surface area contributed by atoms with Crippen LogP contribution in [0, 0.1) is 11.6 Å². The Morgan fingerprint density at radius 1 is 1.22 bits per heavy atom. The van der Waals surface area contributed by atoms with E-state index in [2.05, 4.69) is 5.32 Å². The Hall–Kier alpha value is -2.19. The van der Waals surface area contributed by atoms with Crippen LogP contribution in [-0.4, -0.2) is 36.2 Å². The zero-order valence-electron chi connectivity index (χ0n) is 15.2. The SMILES string of the molecule is CC1CNCC(C)N1C(=O)OCc1c(F)cc(OCc2cccs2)cc1F. The number of carbonyl (C=O) groups is 1. The lowest BCUT2D eigenvalue weighted by atomic mass is 10.1. The van der Waals surface area contributed by atoms with Crippen molar-refractivity contribution in [2.45, 2.75) is 39.1 Å². The van der Waals surface area contributed by atoms with E-state index in [4.69, 9.17) is 9.47 Å². The van der Waals surface area contributed by atoms with Gasteiger partial charge in [0.25, 0.3) is 0 Å². The van der Waals surface area contributed by atoms with Crippen molar-refractivity contribution in [3.05, 3.63) is 51.7 Å². The fraction of sp³-hybridized carbons (Fsp3) is 0.421. The van der Waals surface area contributed by atoms with Gasteiger partial charge in [-0.05, 0) is 25.3 Å². The largest absolute Gasteiger partial charge is 0.488 e. The molecule has 1 amide bonds. The van der Waals surface area contributed by atoms with Gasteiger partial charge in [0.2, 0.25) is 0 Å². The maximum Gasteiger partial charge on any atom is 0.410 e. The Balaban J connectivity index is 1.62. The molecule has 0 spiro atoms. The molecule has 27 heavy (non-hydrogen) atoms. The number of hydrogen-bond donors (Lipinski definition) is 1. The van der Waals surface area contributed by atoms with E-state index in [-0.39, 0.29) is 30.0 Å². The monoisotopic (exact) mass is 396 g/mol. The van der Waals surface area contributed by atoms with Gasteiger partial charge in [0.15, 0.2) is 0 Å². The van der Waals surface area contributed by atoms with Crippen molar-refractivity contribution in [3.63, 3.8) is 0 Å². The molecule has 2 unspecified atom stereocenters. The number of ether oxygens (including phenoxy) is 2. The highest BCUT2D eigenvalue weighted by Gasteiger charge is 2.30. The summed E-state index contributed by atoms with van der Waals surface area (Å²) in [5.74, 6) is -1.51. The lowest BCUT2D eigenvalue weighted by Gasteiger charge is -2.38.